The fourth-order valence-electron chi connectivity index (χ4n) is 1.28. The molecule has 0 fully saturated rings. The van der Waals surface area contributed by atoms with Crippen LogP contribution in [0.2, 0.25) is 0 Å². The van der Waals surface area contributed by atoms with Crippen LogP contribution in [0, 0.1) is 0 Å². The molecule has 0 aliphatic rings. The number of hydrogen-bond acceptors (Lipinski definition) is 6. The highest BCUT2D eigenvalue weighted by atomic mass is 32.2. The third kappa shape index (κ3) is 5.23. The average Bonchev–Trinajstić information content (AvgIpc) is 2.78. The van der Waals surface area contributed by atoms with E-state index >= 15 is 0 Å². The molecule has 17 heavy (non-hydrogen) atoms. The number of rotatable bonds is 8. The van der Waals surface area contributed by atoms with Gasteiger partial charge in [0, 0.05) is 25.9 Å². The molecule has 1 aromatic heterocycles. The zero-order valence-electron chi connectivity index (χ0n) is 11.1. The molecular weight excluding hydrogens is 252 g/mol. The van der Waals surface area contributed by atoms with Crippen LogP contribution in [0.25, 0.3) is 0 Å². The van der Waals surface area contributed by atoms with E-state index in [9.17, 15) is 0 Å². The largest absolute Gasteiger partial charge is 0.353 e. The standard InChI is InChI=1S/C11H22N4S2/c1-5-7-12-9(6-2)8-16-11-14-13-10(17-11)15(3)4/h9,12H,5-8H2,1-4H3. The van der Waals surface area contributed by atoms with Gasteiger partial charge in [0.15, 0.2) is 4.34 Å². The molecule has 1 aromatic rings. The van der Waals surface area contributed by atoms with E-state index in [4.69, 9.17) is 0 Å². The van der Waals surface area contributed by atoms with Gasteiger partial charge in [0.2, 0.25) is 5.13 Å². The second kappa shape index (κ2) is 7.89. The van der Waals surface area contributed by atoms with Gasteiger partial charge in [-0.15, -0.1) is 10.2 Å². The van der Waals surface area contributed by atoms with Crippen molar-refractivity contribution in [3.8, 4) is 0 Å². The van der Waals surface area contributed by atoms with Crippen LogP contribution < -0.4 is 10.2 Å². The first kappa shape index (κ1) is 14.7. The molecule has 1 unspecified atom stereocenters. The maximum Gasteiger partial charge on any atom is 0.208 e. The summed E-state index contributed by atoms with van der Waals surface area (Å²) in [5.74, 6) is 1.07. The lowest BCUT2D eigenvalue weighted by Gasteiger charge is -2.14. The first-order valence-corrected chi connectivity index (χ1v) is 7.84. The summed E-state index contributed by atoms with van der Waals surface area (Å²) in [5.41, 5.74) is 0. The average molecular weight is 274 g/mol. The lowest BCUT2D eigenvalue weighted by Crippen LogP contribution is -2.31. The molecule has 0 aromatic carbocycles. The number of hydrogen-bond donors (Lipinski definition) is 1. The number of nitrogens with zero attached hydrogens (tertiary/aromatic N) is 3. The van der Waals surface area contributed by atoms with E-state index in [1.54, 1.807) is 23.1 Å². The van der Waals surface area contributed by atoms with Gasteiger partial charge in [-0.1, -0.05) is 36.9 Å². The third-order valence-corrected chi connectivity index (χ3v) is 4.75. The van der Waals surface area contributed by atoms with Crippen molar-refractivity contribution in [1.82, 2.24) is 15.5 Å². The van der Waals surface area contributed by atoms with E-state index in [1.165, 1.54) is 6.42 Å². The Morgan fingerprint density at radius 1 is 1.35 bits per heavy atom. The number of aromatic nitrogens is 2. The summed E-state index contributed by atoms with van der Waals surface area (Å²) in [6.07, 6.45) is 2.34. The monoisotopic (exact) mass is 274 g/mol. The zero-order chi connectivity index (χ0) is 12.7. The van der Waals surface area contributed by atoms with Crippen molar-refractivity contribution in [2.24, 2.45) is 0 Å². The van der Waals surface area contributed by atoms with Crippen molar-refractivity contribution in [2.75, 3.05) is 31.3 Å². The molecule has 1 N–H and O–H groups in total. The van der Waals surface area contributed by atoms with Gasteiger partial charge in [-0.3, -0.25) is 0 Å². The molecule has 0 amide bonds. The van der Waals surface area contributed by atoms with Crippen LogP contribution in [0.3, 0.4) is 0 Å². The minimum Gasteiger partial charge on any atom is -0.353 e. The molecule has 0 saturated carbocycles. The van der Waals surface area contributed by atoms with Gasteiger partial charge in [-0.25, -0.2) is 0 Å². The Morgan fingerprint density at radius 2 is 2.12 bits per heavy atom. The Hall–Kier alpha value is -0.330. The van der Waals surface area contributed by atoms with Crippen LogP contribution in [-0.4, -0.2) is 42.6 Å². The van der Waals surface area contributed by atoms with Crippen LogP contribution >= 0.6 is 23.1 Å². The number of thioether (sulfide) groups is 1. The Morgan fingerprint density at radius 3 is 2.65 bits per heavy atom. The summed E-state index contributed by atoms with van der Waals surface area (Å²) >= 11 is 3.45. The lowest BCUT2D eigenvalue weighted by molar-refractivity contribution is 0.539. The van der Waals surface area contributed by atoms with Gasteiger partial charge in [0.1, 0.15) is 0 Å². The predicted molar refractivity (Wildman–Crippen MR) is 77.3 cm³/mol. The first-order valence-electron chi connectivity index (χ1n) is 6.04. The van der Waals surface area contributed by atoms with Gasteiger partial charge in [-0.05, 0) is 19.4 Å². The summed E-state index contributed by atoms with van der Waals surface area (Å²) < 4.78 is 1.06. The van der Waals surface area contributed by atoms with E-state index in [0.717, 1.165) is 28.2 Å². The van der Waals surface area contributed by atoms with Crippen molar-refractivity contribution in [3.05, 3.63) is 0 Å². The maximum atomic E-state index is 4.19. The summed E-state index contributed by atoms with van der Waals surface area (Å²) in [7, 11) is 3.99. The van der Waals surface area contributed by atoms with Crippen LogP contribution in [0.4, 0.5) is 5.13 Å². The normalized spacial score (nSPS) is 12.7. The topological polar surface area (TPSA) is 41.1 Å². The Balaban J connectivity index is 2.37. The highest BCUT2D eigenvalue weighted by Crippen LogP contribution is 2.27. The summed E-state index contributed by atoms with van der Waals surface area (Å²) in [4.78, 5) is 1.99. The minimum atomic E-state index is 0.576. The smallest absolute Gasteiger partial charge is 0.208 e. The first-order chi connectivity index (χ1) is 8.17. The van der Waals surface area contributed by atoms with Gasteiger partial charge in [0.05, 0.1) is 0 Å². The number of nitrogens with one attached hydrogen (secondary N) is 1. The van der Waals surface area contributed by atoms with Crippen molar-refractivity contribution < 1.29 is 0 Å². The van der Waals surface area contributed by atoms with E-state index in [1.807, 2.05) is 19.0 Å². The fourth-order valence-corrected chi connectivity index (χ4v) is 3.24. The van der Waals surface area contributed by atoms with E-state index in [0.29, 0.717) is 6.04 Å². The minimum absolute atomic E-state index is 0.576. The second-order valence-corrected chi connectivity index (χ2v) is 6.34. The molecular formula is C11H22N4S2. The third-order valence-electron chi connectivity index (χ3n) is 2.36. The van der Waals surface area contributed by atoms with Crippen LogP contribution in [0.1, 0.15) is 26.7 Å². The summed E-state index contributed by atoms with van der Waals surface area (Å²) in [6, 6.07) is 0.576. The molecule has 1 rings (SSSR count). The zero-order valence-corrected chi connectivity index (χ0v) is 12.7. The van der Waals surface area contributed by atoms with Crippen LogP contribution in [0.5, 0.6) is 0 Å². The quantitative estimate of drug-likeness (QED) is 0.738. The van der Waals surface area contributed by atoms with E-state index < -0.39 is 0 Å². The SMILES string of the molecule is CCCNC(CC)CSc1nnc(N(C)C)s1. The van der Waals surface area contributed by atoms with E-state index in [-0.39, 0.29) is 0 Å². The van der Waals surface area contributed by atoms with E-state index in [2.05, 4.69) is 29.4 Å². The molecule has 1 atom stereocenters. The molecule has 0 bridgehead atoms. The molecule has 1 heterocycles. The molecule has 0 radical (unpaired) electrons. The molecule has 0 spiro atoms. The highest BCUT2D eigenvalue weighted by molar-refractivity contribution is 8.01. The van der Waals surface area contributed by atoms with Crippen molar-refractivity contribution in [2.45, 2.75) is 37.1 Å². The molecule has 98 valence electrons. The number of anilines is 1. The van der Waals surface area contributed by atoms with Gasteiger partial charge in [-0.2, -0.15) is 0 Å². The fraction of sp³-hybridized carbons (Fsp3) is 0.818. The van der Waals surface area contributed by atoms with Crippen molar-refractivity contribution in [3.63, 3.8) is 0 Å². The maximum absolute atomic E-state index is 4.19. The molecule has 4 nitrogen and oxygen atoms in total. The molecule has 0 saturated heterocycles. The Bertz CT molecular complexity index is 314. The predicted octanol–water partition coefficient (Wildman–Crippen LogP) is 2.47. The van der Waals surface area contributed by atoms with Crippen molar-refractivity contribution in [1.29, 1.82) is 0 Å². The second-order valence-electron chi connectivity index (χ2n) is 4.12. The van der Waals surface area contributed by atoms with Gasteiger partial charge < -0.3 is 10.2 Å². The highest BCUT2D eigenvalue weighted by Gasteiger charge is 2.10. The van der Waals surface area contributed by atoms with Gasteiger partial charge in [0.25, 0.3) is 0 Å². The summed E-state index contributed by atoms with van der Waals surface area (Å²) in [5, 5.41) is 12.8. The molecule has 0 aliphatic heterocycles. The van der Waals surface area contributed by atoms with Crippen LogP contribution in [-0.2, 0) is 0 Å². The Kier molecular flexibility index (Phi) is 6.84. The Labute approximate surface area is 112 Å². The molecule has 0 aliphatic carbocycles. The summed E-state index contributed by atoms with van der Waals surface area (Å²) in [6.45, 7) is 5.51. The lowest BCUT2D eigenvalue weighted by atomic mass is 10.2. The molecule has 6 heteroatoms. The van der Waals surface area contributed by atoms with Crippen LogP contribution in [0.15, 0.2) is 4.34 Å². The van der Waals surface area contributed by atoms with Crippen molar-refractivity contribution >= 4 is 28.2 Å². The van der Waals surface area contributed by atoms with Gasteiger partial charge >= 0.3 is 0 Å².